The largest absolute Gasteiger partial charge is 0.498 e. The average molecular weight is 269 g/mol. The SMILES string of the molecule is COc1ccccc1B1OC(C)(C)C(C)(CCl)O1. The minimum absolute atomic E-state index is 0.381. The van der Waals surface area contributed by atoms with Gasteiger partial charge in [0.15, 0.2) is 0 Å². The molecule has 0 radical (unpaired) electrons. The molecular weight excluding hydrogens is 250 g/mol. The van der Waals surface area contributed by atoms with Crippen molar-refractivity contribution in [3.8, 4) is 5.75 Å². The second-order valence-electron chi connectivity index (χ2n) is 5.18. The molecule has 1 aliphatic rings. The molecular formula is C13H18BClO3. The Morgan fingerprint density at radius 1 is 1.22 bits per heavy atom. The Morgan fingerprint density at radius 2 is 1.89 bits per heavy atom. The molecule has 1 atom stereocenters. The van der Waals surface area contributed by atoms with Crippen LogP contribution < -0.4 is 10.2 Å². The number of hydrogen-bond donors (Lipinski definition) is 0. The first-order chi connectivity index (χ1) is 8.43. The number of benzene rings is 1. The van der Waals surface area contributed by atoms with E-state index in [1.54, 1.807) is 7.11 Å². The van der Waals surface area contributed by atoms with Crippen LogP contribution in [0.4, 0.5) is 0 Å². The van der Waals surface area contributed by atoms with E-state index in [0.717, 1.165) is 11.2 Å². The summed E-state index contributed by atoms with van der Waals surface area (Å²) in [5, 5.41) is 0. The number of para-hydroxylation sites is 1. The molecule has 5 heteroatoms. The second-order valence-corrected chi connectivity index (χ2v) is 5.45. The summed E-state index contributed by atoms with van der Waals surface area (Å²) < 4.78 is 17.3. The summed E-state index contributed by atoms with van der Waals surface area (Å²) >= 11 is 6.02. The van der Waals surface area contributed by atoms with Crippen LogP contribution in [-0.2, 0) is 9.31 Å². The van der Waals surface area contributed by atoms with Gasteiger partial charge in [0, 0.05) is 5.46 Å². The standard InChI is InChI=1S/C13H18BClO3/c1-12(2)13(3,9-15)18-14(17-12)10-7-5-6-8-11(10)16-4/h5-8H,9H2,1-4H3. The number of alkyl halides is 1. The lowest BCUT2D eigenvalue weighted by molar-refractivity contribution is 0.00860. The molecule has 2 rings (SSSR count). The molecule has 0 N–H and O–H groups in total. The van der Waals surface area contributed by atoms with E-state index < -0.39 is 18.3 Å². The molecule has 3 nitrogen and oxygen atoms in total. The quantitative estimate of drug-likeness (QED) is 0.621. The van der Waals surface area contributed by atoms with Crippen molar-refractivity contribution in [2.24, 2.45) is 0 Å². The van der Waals surface area contributed by atoms with E-state index in [0.29, 0.717) is 5.88 Å². The van der Waals surface area contributed by atoms with Crippen LogP contribution in [0, 0.1) is 0 Å². The highest BCUT2D eigenvalue weighted by Gasteiger charge is 2.54. The van der Waals surface area contributed by atoms with Gasteiger partial charge in [0.25, 0.3) is 0 Å². The van der Waals surface area contributed by atoms with Crippen LogP contribution in [0.2, 0.25) is 0 Å². The zero-order valence-corrected chi connectivity index (χ0v) is 12.0. The maximum Gasteiger partial charge on any atom is 0.498 e. The summed E-state index contributed by atoms with van der Waals surface area (Å²) in [5.74, 6) is 1.14. The lowest BCUT2D eigenvalue weighted by atomic mass is 9.78. The minimum atomic E-state index is -0.514. The van der Waals surface area contributed by atoms with E-state index in [9.17, 15) is 0 Å². The summed E-state index contributed by atoms with van der Waals surface area (Å²) in [6, 6.07) is 7.70. The average Bonchev–Trinajstić information content (AvgIpc) is 2.61. The fraction of sp³-hybridized carbons (Fsp3) is 0.538. The van der Waals surface area contributed by atoms with E-state index in [4.69, 9.17) is 25.6 Å². The Morgan fingerprint density at radius 3 is 2.44 bits per heavy atom. The van der Waals surface area contributed by atoms with Crippen molar-refractivity contribution in [3.05, 3.63) is 24.3 Å². The van der Waals surface area contributed by atoms with E-state index in [2.05, 4.69) is 0 Å². The van der Waals surface area contributed by atoms with Gasteiger partial charge in [-0.15, -0.1) is 11.6 Å². The molecule has 1 aromatic carbocycles. The van der Waals surface area contributed by atoms with Gasteiger partial charge in [-0.1, -0.05) is 18.2 Å². The first kappa shape index (κ1) is 13.7. The highest BCUT2D eigenvalue weighted by atomic mass is 35.5. The molecule has 1 fully saturated rings. The van der Waals surface area contributed by atoms with Gasteiger partial charge in [0.2, 0.25) is 0 Å². The zero-order valence-electron chi connectivity index (χ0n) is 11.2. The molecule has 0 aromatic heterocycles. The molecule has 1 heterocycles. The maximum atomic E-state index is 6.02. The van der Waals surface area contributed by atoms with Crippen molar-refractivity contribution in [1.82, 2.24) is 0 Å². The highest BCUT2D eigenvalue weighted by molar-refractivity contribution is 6.63. The summed E-state index contributed by atoms with van der Waals surface area (Å²) in [6.45, 7) is 5.95. The van der Waals surface area contributed by atoms with Crippen LogP contribution in [0.25, 0.3) is 0 Å². The molecule has 0 saturated carbocycles. The molecule has 18 heavy (non-hydrogen) atoms. The summed E-state index contributed by atoms with van der Waals surface area (Å²) in [6.07, 6.45) is 0. The van der Waals surface area contributed by atoms with Crippen molar-refractivity contribution in [2.75, 3.05) is 13.0 Å². The predicted molar refractivity (Wildman–Crippen MR) is 73.8 cm³/mol. The van der Waals surface area contributed by atoms with Gasteiger partial charge in [-0.25, -0.2) is 0 Å². The smallest absolute Gasteiger partial charge is 0.497 e. The Labute approximate surface area is 114 Å². The van der Waals surface area contributed by atoms with Crippen molar-refractivity contribution >= 4 is 24.2 Å². The fourth-order valence-electron chi connectivity index (χ4n) is 1.97. The van der Waals surface area contributed by atoms with E-state index in [1.165, 1.54) is 0 Å². The lowest BCUT2D eigenvalue weighted by Crippen LogP contribution is -2.46. The van der Waals surface area contributed by atoms with Gasteiger partial charge in [0.1, 0.15) is 5.75 Å². The van der Waals surface area contributed by atoms with E-state index in [-0.39, 0.29) is 0 Å². The first-order valence-corrected chi connectivity index (χ1v) is 6.51. The highest BCUT2D eigenvalue weighted by Crippen LogP contribution is 2.38. The third-order valence-electron chi connectivity index (χ3n) is 3.69. The normalized spacial score (nSPS) is 26.4. The van der Waals surface area contributed by atoms with E-state index in [1.807, 2.05) is 45.0 Å². The van der Waals surface area contributed by atoms with Gasteiger partial charge in [-0.2, -0.15) is 0 Å². The Kier molecular flexibility index (Phi) is 3.63. The van der Waals surface area contributed by atoms with Crippen LogP contribution in [0.3, 0.4) is 0 Å². The topological polar surface area (TPSA) is 27.7 Å². The number of hydrogen-bond acceptors (Lipinski definition) is 3. The van der Waals surface area contributed by atoms with Gasteiger partial charge >= 0.3 is 7.12 Å². The number of methoxy groups -OCH3 is 1. The molecule has 1 aromatic rings. The molecule has 1 aliphatic heterocycles. The lowest BCUT2D eigenvalue weighted by Gasteiger charge is -2.34. The Bertz CT molecular complexity index is 438. The maximum absolute atomic E-state index is 6.02. The second kappa shape index (κ2) is 4.76. The van der Waals surface area contributed by atoms with E-state index >= 15 is 0 Å². The van der Waals surface area contributed by atoms with Crippen LogP contribution >= 0.6 is 11.6 Å². The van der Waals surface area contributed by atoms with Crippen molar-refractivity contribution in [2.45, 2.75) is 32.0 Å². The van der Waals surface area contributed by atoms with Crippen LogP contribution in [0.15, 0.2) is 24.3 Å². The predicted octanol–water partition coefficient (Wildman–Crippen LogP) is 2.21. The first-order valence-electron chi connectivity index (χ1n) is 5.98. The molecule has 98 valence electrons. The van der Waals surface area contributed by atoms with Crippen molar-refractivity contribution < 1.29 is 14.0 Å². The van der Waals surface area contributed by atoms with Crippen LogP contribution in [0.5, 0.6) is 5.75 Å². The van der Waals surface area contributed by atoms with Crippen LogP contribution in [0.1, 0.15) is 20.8 Å². The molecule has 0 aliphatic carbocycles. The summed E-state index contributed by atoms with van der Waals surface area (Å²) in [4.78, 5) is 0. The summed E-state index contributed by atoms with van der Waals surface area (Å²) in [7, 11) is 1.19. The molecule has 0 amide bonds. The number of rotatable bonds is 3. The molecule has 0 spiro atoms. The van der Waals surface area contributed by atoms with Gasteiger partial charge in [-0.3, -0.25) is 0 Å². The van der Waals surface area contributed by atoms with Crippen LogP contribution in [-0.4, -0.2) is 31.3 Å². The molecule has 0 bridgehead atoms. The van der Waals surface area contributed by atoms with Gasteiger partial charge in [0.05, 0.1) is 24.2 Å². The van der Waals surface area contributed by atoms with Gasteiger partial charge in [-0.05, 0) is 26.8 Å². The minimum Gasteiger partial charge on any atom is -0.497 e. The van der Waals surface area contributed by atoms with Crippen molar-refractivity contribution in [1.29, 1.82) is 0 Å². The number of halogens is 1. The third-order valence-corrected chi connectivity index (χ3v) is 4.20. The number of ether oxygens (including phenoxy) is 1. The zero-order chi connectivity index (χ0) is 13.4. The Hall–Kier alpha value is -0.705. The summed E-state index contributed by atoms with van der Waals surface area (Å²) in [5.41, 5.74) is -0.0673. The third kappa shape index (κ3) is 2.13. The molecule has 1 unspecified atom stereocenters. The molecule has 1 saturated heterocycles. The monoisotopic (exact) mass is 268 g/mol. The van der Waals surface area contributed by atoms with Gasteiger partial charge < -0.3 is 14.0 Å². The Balaban J connectivity index is 2.32. The van der Waals surface area contributed by atoms with Crippen molar-refractivity contribution in [3.63, 3.8) is 0 Å². The fourth-order valence-corrected chi connectivity index (χ4v) is 2.36.